The fraction of sp³-hybridized carbons (Fsp3) is 0.542. The number of rotatable bonds is 6. The molecule has 1 aromatic carbocycles. The highest BCUT2D eigenvalue weighted by molar-refractivity contribution is 5.83. The first-order valence-electron chi connectivity index (χ1n) is 11.5. The van der Waals surface area contributed by atoms with Gasteiger partial charge in [-0.1, -0.05) is 24.6 Å². The Morgan fingerprint density at radius 2 is 2.10 bits per heavy atom. The molecule has 1 spiro atoms. The number of para-hydroxylation sites is 1. The predicted molar refractivity (Wildman–Crippen MR) is 115 cm³/mol. The number of hydrogen-bond acceptors (Lipinski definition) is 3. The number of aromatic amines is 2. The summed E-state index contributed by atoms with van der Waals surface area (Å²) >= 11 is 0. The molecule has 6 heteroatoms. The second-order valence-electron chi connectivity index (χ2n) is 9.61. The smallest absolute Gasteiger partial charge is 0.222 e. The second kappa shape index (κ2) is 6.96. The minimum atomic E-state index is 0.229. The van der Waals surface area contributed by atoms with E-state index in [-0.39, 0.29) is 5.41 Å². The number of amides is 1. The van der Waals surface area contributed by atoms with Crippen molar-refractivity contribution < 1.29 is 4.79 Å². The van der Waals surface area contributed by atoms with Crippen LogP contribution in [0.25, 0.3) is 10.9 Å². The van der Waals surface area contributed by atoms with Gasteiger partial charge in [-0.3, -0.25) is 9.89 Å². The molecule has 6 nitrogen and oxygen atoms in total. The molecular formula is C24H29N5O. The van der Waals surface area contributed by atoms with Crippen LogP contribution >= 0.6 is 0 Å². The SMILES string of the molecule is O=C(CCCc1c[nH]c2ccccc12)N1CC(c2nc(C3CC3)n[nH]2)C2(CCC2)C1. The lowest BCUT2D eigenvalue weighted by atomic mass is 9.62. The van der Waals surface area contributed by atoms with Gasteiger partial charge in [-0.15, -0.1) is 0 Å². The Hall–Kier alpha value is -2.63. The van der Waals surface area contributed by atoms with E-state index in [1.807, 2.05) is 6.07 Å². The molecule has 1 atom stereocenters. The van der Waals surface area contributed by atoms with Crippen molar-refractivity contribution in [3.63, 3.8) is 0 Å². The summed E-state index contributed by atoms with van der Waals surface area (Å²) in [5.74, 6) is 3.19. The highest BCUT2D eigenvalue weighted by atomic mass is 16.2. The first-order valence-corrected chi connectivity index (χ1v) is 11.5. The number of nitrogens with one attached hydrogen (secondary N) is 2. The highest BCUT2D eigenvalue weighted by Crippen LogP contribution is 2.55. The van der Waals surface area contributed by atoms with Crippen LogP contribution in [0.5, 0.6) is 0 Å². The minimum Gasteiger partial charge on any atom is -0.361 e. The van der Waals surface area contributed by atoms with Crippen molar-refractivity contribution in [2.75, 3.05) is 13.1 Å². The lowest BCUT2D eigenvalue weighted by Crippen LogP contribution is -2.38. The normalized spacial score (nSPS) is 22.7. The average molecular weight is 404 g/mol. The van der Waals surface area contributed by atoms with Crippen molar-refractivity contribution in [1.82, 2.24) is 25.1 Å². The van der Waals surface area contributed by atoms with Crippen LogP contribution in [0, 0.1) is 5.41 Å². The van der Waals surface area contributed by atoms with Gasteiger partial charge in [0, 0.05) is 48.4 Å². The number of benzene rings is 1. The summed E-state index contributed by atoms with van der Waals surface area (Å²) in [5, 5.41) is 8.98. The van der Waals surface area contributed by atoms with Crippen molar-refractivity contribution in [2.24, 2.45) is 5.41 Å². The van der Waals surface area contributed by atoms with E-state index < -0.39 is 0 Å². The Kier molecular flexibility index (Phi) is 4.22. The standard InChI is InChI=1S/C24H29N5O/c30-21(8-3-5-17-13-25-20-7-2-1-6-18(17)20)29-14-19(24(15-29)11-4-12-24)23-26-22(27-28-23)16-9-10-16/h1-2,6-7,13,16,19,25H,3-5,8-12,14-15H2,(H,26,27,28). The van der Waals surface area contributed by atoms with Crippen LogP contribution in [0.15, 0.2) is 30.5 Å². The molecule has 1 amide bonds. The Morgan fingerprint density at radius 3 is 2.90 bits per heavy atom. The molecule has 3 fully saturated rings. The monoisotopic (exact) mass is 403 g/mol. The molecule has 1 unspecified atom stereocenters. The molecule has 0 radical (unpaired) electrons. The maximum absolute atomic E-state index is 13.0. The first-order chi connectivity index (χ1) is 14.7. The summed E-state index contributed by atoms with van der Waals surface area (Å²) in [7, 11) is 0. The number of hydrogen-bond donors (Lipinski definition) is 2. The summed E-state index contributed by atoms with van der Waals surface area (Å²) in [6.45, 7) is 1.69. The first kappa shape index (κ1) is 18.2. The van der Waals surface area contributed by atoms with E-state index in [1.54, 1.807) is 0 Å². The molecule has 1 saturated heterocycles. The molecule has 3 aromatic rings. The molecule has 3 aliphatic rings. The predicted octanol–water partition coefficient (Wildman–Crippen LogP) is 4.28. The molecule has 0 bridgehead atoms. The van der Waals surface area contributed by atoms with Crippen LogP contribution in [0.2, 0.25) is 0 Å². The van der Waals surface area contributed by atoms with Crippen LogP contribution in [-0.2, 0) is 11.2 Å². The third kappa shape index (κ3) is 3.04. The molecule has 2 N–H and O–H groups in total. The second-order valence-corrected chi connectivity index (χ2v) is 9.61. The Labute approximate surface area is 176 Å². The van der Waals surface area contributed by atoms with Crippen molar-refractivity contribution in [2.45, 2.75) is 63.2 Å². The van der Waals surface area contributed by atoms with Crippen molar-refractivity contribution >= 4 is 16.8 Å². The molecule has 1 aliphatic heterocycles. The molecule has 2 aromatic heterocycles. The zero-order valence-corrected chi connectivity index (χ0v) is 17.4. The molecule has 3 heterocycles. The fourth-order valence-electron chi connectivity index (χ4n) is 5.57. The molecule has 6 rings (SSSR count). The van der Waals surface area contributed by atoms with Gasteiger partial charge < -0.3 is 9.88 Å². The van der Waals surface area contributed by atoms with Gasteiger partial charge in [0.2, 0.25) is 5.91 Å². The van der Waals surface area contributed by atoms with Gasteiger partial charge in [0.25, 0.3) is 0 Å². The number of nitrogens with zero attached hydrogens (tertiary/aromatic N) is 3. The van der Waals surface area contributed by atoms with Crippen LogP contribution in [0.4, 0.5) is 0 Å². The highest BCUT2D eigenvalue weighted by Gasteiger charge is 2.53. The van der Waals surface area contributed by atoms with Gasteiger partial charge in [-0.05, 0) is 55.6 Å². The molecule has 30 heavy (non-hydrogen) atoms. The lowest BCUT2D eigenvalue weighted by Gasteiger charge is -2.41. The topological polar surface area (TPSA) is 77.7 Å². The summed E-state index contributed by atoms with van der Waals surface area (Å²) in [6.07, 6.45) is 10.6. The maximum Gasteiger partial charge on any atom is 0.222 e. The molecule has 156 valence electrons. The average Bonchev–Trinajstić information content (AvgIpc) is 3.17. The molecule has 2 saturated carbocycles. The van der Waals surface area contributed by atoms with Gasteiger partial charge in [0.05, 0.1) is 0 Å². The number of likely N-dealkylation sites (tertiary alicyclic amines) is 1. The van der Waals surface area contributed by atoms with Gasteiger partial charge in [0.1, 0.15) is 5.82 Å². The van der Waals surface area contributed by atoms with Gasteiger partial charge in [0.15, 0.2) is 5.82 Å². The van der Waals surface area contributed by atoms with Crippen LogP contribution in [-0.4, -0.2) is 44.1 Å². The van der Waals surface area contributed by atoms with Crippen LogP contribution < -0.4 is 0 Å². The van der Waals surface area contributed by atoms with Gasteiger partial charge >= 0.3 is 0 Å². The van der Waals surface area contributed by atoms with Crippen LogP contribution in [0.1, 0.15) is 74.0 Å². The summed E-state index contributed by atoms with van der Waals surface area (Å²) in [5.41, 5.74) is 2.71. The zero-order valence-electron chi connectivity index (χ0n) is 17.4. The van der Waals surface area contributed by atoms with Crippen molar-refractivity contribution in [1.29, 1.82) is 0 Å². The van der Waals surface area contributed by atoms with E-state index in [2.05, 4.69) is 44.5 Å². The van der Waals surface area contributed by atoms with E-state index in [0.29, 0.717) is 24.2 Å². The Morgan fingerprint density at radius 1 is 1.23 bits per heavy atom. The van der Waals surface area contributed by atoms with E-state index in [4.69, 9.17) is 4.98 Å². The van der Waals surface area contributed by atoms with Crippen LogP contribution in [0.3, 0.4) is 0 Å². The number of fused-ring (bicyclic) bond motifs is 1. The third-order valence-electron chi connectivity index (χ3n) is 7.65. The largest absolute Gasteiger partial charge is 0.361 e. The zero-order chi connectivity index (χ0) is 20.1. The van der Waals surface area contributed by atoms with E-state index in [0.717, 1.165) is 37.6 Å². The van der Waals surface area contributed by atoms with Crippen molar-refractivity contribution in [3.8, 4) is 0 Å². The van der Waals surface area contributed by atoms with Gasteiger partial charge in [-0.25, -0.2) is 4.98 Å². The Balaban J connectivity index is 1.10. The third-order valence-corrected chi connectivity index (χ3v) is 7.65. The maximum atomic E-state index is 13.0. The number of carbonyl (C=O) groups excluding carboxylic acids is 1. The van der Waals surface area contributed by atoms with E-state index >= 15 is 0 Å². The number of carbonyl (C=O) groups is 1. The quantitative estimate of drug-likeness (QED) is 0.645. The lowest BCUT2D eigenvalue weighted by molar-refractivity contribution is -0.130. The fourth-order valence-corrected chi connectivity index (χ4v) is 5.57. The Bertz CT molecular complexity index is 1070. The summed E-state index contributed by atoms with van der Waals surface area (Å²) in [4.78, 5) is 23.3. The van der Waals surface area contributed by atoms with Gasteiger partial charge in [-0.2, -0.15) is 5.10 Å². The molecular weight excluding hydrogens is 374 g/mol. The van der Waals surface area contributed by atoms with Crippen molar-refractivity contribution in [3.05, 3.63) is 47.7 Å². The summed E-state index contributed by atoms with van der Waals surface area (Å²) < 4.78 is 0. The number of H-pyrrole nitrogens is 2. The number of aryl methyl sites for hydroxylation is 1. The minimum absolute atomic E-state index is 0.229. The van der Waals surface area contributed by atoms with E-state index in [1.165, 1.54) is 48.6 Å². The van der Waals surface area contributed by atoms with E-state index in [9.17, 15) is 4.79 Å². The number of aromatic nitrogens is 4. The molecule has 2 aliphatic carbocycles. The summed E-state index contributed by atoms with van der Waals surface area (Å²) in [6, 6.07) is 8.38.